The molecule has 0 atom stereocenters. The fraction of sp³-hybridized carbons (Fsp3) is 0.174. The third kappa shape index (κ3) is 4.80. The standard InChI is InChI=1S/C23H24N2O4S/c1-3-25(20-9-5-4-6-10-20)30(27,28)22-11-7-8-19(16-22)23(26)24-17-18-12-14-21(29-2)15-13-18/h4-16H,3,17H2,1-2H3,(H,24,26). The monoisotopic (exact) mass is 424 g/mol. The van der Waals surface area contributed by atoms with Crippen molar-refractivity contribution in [2.45, 2.75) is 18.4 Å². The summed E-state index contributed by atoms with van der Waals surface area (Å²) in [6, 6.07) is 22.3. The maximum atomic E-state index is 13.2. The van der Waals surface area contributed by atoms with Gasteiger partial charge in [0.25, 0.3) is 15.9 Å². The van der Waals surface area contributed by atoms with Crippen molar-refractivity contribution in [2.75, 3.05) is 18.0 Å². The molecule has 156 valence electrons. The van der Waals surface area contributed by atoms with Gasteiger partial charge >= 0.3 is 0 Å². The zero-order chi connectivity index (χ0) is 21.6. The van der Waals surface area contributed by atoms with Crippen LogP contribution in [0.4, 0.5) is 5.69 Å². The van der Waals surface area contributed by atoms with Crippen molar-refractivity contribution < 1.29 is 17.9 Å². The van der Waals surface area contributed by atoms with Crippen molar-refractivity contribution in [1.29, 1.82) is 0 Å². The molecule has 3 aromatic carbocycles. The van der Waals surface area contributed by atoms with Gasteiger partial charge in [-0.25, -0.2) is 8.42 Å². The normalized spacial score (nSPS) is 11.0. The molecule has 1 amide bonds. The molecule has 3 rings (SSSR count). The molecule has 0 saturated heterocycles. The molecule has 0 radical (unpaired) electrons. The quantitative estimate of drug-likeness (QED) is 0.596. The van der Waals surface area contributed by atoms with Crippen molar-refractivity contribution in [1.82, 2.24) is 5.32 Å². The molecule has 1 N–H and O–H groups in total. The molecule has 0 bridgehead atoms. The molecule has 0 saturated carbocycles. The van der Waals surface area contributed by atoms with Crippen LogP contribution in [0.15, 0.2) is 83.8 Å². The Morgan fingerprint density at radius 2 is 1.67 bits per heavy atom. The summed E-state index contributed by atoms with van der Waals surface area (Å²) in [5.74, 6) is 0.396. The number of nitrogens with zero attached hydrogens (tertiary/aromatic N) is 1. The van der Waals surface area contributed by atoms with Gasteiger partial charge in [-0.05, 0) is 55.0 Å². The minimum absolute atomic E-state index is 0.0744. The van der Waals surface area contributed by atoms with Gasteiger partial charge in [-0.2, -0.15) is 0 Å². The van der Waals surface area contributed by atoms with E-state index in [1.165, 1.54) is 16.4 Å². The number of methoxy groups -OCH3 is 1. The highest BCUT2D eigenvalue weighted by atomic mass is 32.2. The fourth-order valence-electron chi connectivity index (χ4n) is 3.04. The Kier molecular flexibility index (Phi) is 6.74. The first-order valence-corrected chi connectivity index (χ1v) is 11.0. The molecule has 0 fully saturated rings. The van der Waals surface area contributed by atoms with Crippen LogP contribution in [-0.4, -0.2) is 28.0 Å². The average Bonchev–Trinajstić information content (AvgIpc) is 2.79. The Labute approximate surface area is 177 Å². The third-order valence-electron chi connectivity index (χ3n) is 4.63. The third-order valence-corrected chi connectivity index (χ3v) is 6.53. The second-order valence-corrected chi connectivity index (χ2v) is 8.43. The number of nitrogens with one attached hydrogen (secondary N) is 1. The number of anilines is 1. The topological polar surface area (TPSA) is 75.7 Å². The Morgan fingerprint density at radius 3 is 2.30 bits per heavy atom. The highest BCUT2D eigenvalue weighted by molar-refractivity contribution is 7.92. The zero-order valence-corrected chi connectivity index (χ0v) is 17.7. The van der Waals surface area contributed by atoms with E-state index >= 15 is 0 Å². The minimum atomic E-state index is -3.80. The van der Waals surface area contributed by atoms with Gasteiger partial charge in [0.05, 0.1) is 17.7 Å². The number of amides is 1. The highest BCUT2D eigenvalue weighted by Gasteiger charge is 2.24. The minimum Gasteiger partial charge on any atom is -0.497 e. The summed E-state index contributed by atoms with van der Waals surface area (Å²) in [5, 5.41) is 2.82. The van der Waals surface area contributed by atoms with Crippen molar-refractivity contribution in [3.8, 4) is 5.75 Å². The first-order valence-electron chi connectivity index (χ1n) is 9.54. The number of ether oxygens (including phenoxy) is 1. The molecule has 0 heterocycles. The van der Waals surface area contributed by atoms with E-state index in [9.17, 15) is 13.2 Å². The molecular formula is C23H24N2O4S. The van der Waals surface area contributed by atoms with E-state index in [1.54, 1.807) is 50.4 Å². The molecule has 0 aliphatic carbocycles. The average molecular weight is 425 g/mol. The van der Waals surface area contributed by atoms with Gasteiger partial charge in [-0.15, -0.1) is 0 Å². The van der Waals surface area contributed by atoms with E-state index in [0.717, 1.165) is 11.3 Å². The lowest BCUT2D eigenvalue weighted by Crippen LogP contribution is -2.31. The summed E-state index contributed by atoms with van der Waals surface area (Å²) >= 11 is 0. The van der Waals surface area contributed by atoms with Crippen LogP contribution in [0.2, 0.25) is 0 Å². The van der Waals surface area contributed by atoms with Gasteiger partial charge in [-0.1, -0.05) is 36.4 Å². The number of hydrogen-bond acceptors (Lipinski definition) is 4. The smallest absolute Gasteiger partial charge is 0.264 e. The molecule has 7 heteroatoms. The van der Waals surface area contributed by atoms with Gasteiger partial charge in [0.15, 0.2) is 0 Å². The predicted molar refractivity (Wildman–Crippen MR) is 117 cm³/mol. The summed E-state index contributed by atoms with van der Waals surface area (Å²) < 4.78 is 32.8. The maximum absolute atomic E-state index is 13.2. The molecule has 3 aromatic rings. The summed E-state index contributed by atoms with van der Waals surface area (Å²) in [6.07, 6.45) is 0. The van der Waals surface area contributed by atoms with E-state index in [4.69, 9.17) is 4.74 Å². The van der Waals surface area contributed by atoms with Crippen molar-refractivity contribution in [2.24, 2.45) is 0 Å². The molecule has 0 unspecified atom stereocenters. The lowest BCUT2D eigenvalue weighted by atomic mass is 10.2. The SMILES string of the molecule is CCN(c1ccccc1)S(=O)(=O)c1cccc(C(=O)NCc2ccc(OC)cc2)c1. The van der Waals surface area contributed by atoms with Gasteiger partial charge in [0.1, 0.15) is 5.75 Å². The number of carbonyl (C=O) groups is 1. The molecular weight excluding hydrogens is 400 g/mol. The number of para-hydroxylation sites is 1. The Balaban J connectivity index is 1.78. The van der Waals surface area contributed by atoms with E-state index in [0.29, 0.717) is 12.2 Å². The number of carbonyl (C=O) groups excluding carboxylic acids is 1. The summed E-state index contributed by atoms with van der Waals surface area (Å²) in [4.78, 5) is 12.7. The van der Waals surface area contributed by atoms with Crippen LogP contribution < -0.4 is 14.4 Å². The van der Waals surface area contributed by atoms with Crippen LogP contribution in [0, 0.1) is 0 Å². The van der Waals surface area contributed by atoms with E-state index in [-0.39, 0.29) is 22.9 Å². The van der Waals surface area contributed by atoms with Crippen LogP contribution in [0.1, 0.15) is 22.8 Å². The molecule has 30 heavy (non-hydrogen) atoms. The molecule has 0 aliphatic heterocycles. The molecule has 0 aromatic heterocycles. The van der Waals surface area contributed by atoms with Gasteiger partial charge in [-0.3, -0.25) is 9.10 Å². The van der Waals surface area contributed by atoms with Crippen LogP contribution in [-0.2, 0) is 16.6 Å². The van der Waals surface area contributed by atoms with Crippen molar-refractivity contribution >= 4 is 21.6 Å². The lowest BCUT2D eigenvalue weighted by molar-refractivity contribution is 0.0950. The zero-order valence-electron chi connectivity index (χ0n) is 16.9. The highest BCUT2D eigenvalue weighted by Crippen LogP contribution is 2.24. The Morgan fingerprint density at radius 1 is 0.967 bits per heavy atom. The summed E-state index contributed by atoms with van der Waals surface area (Å²) in [7, 11) is -2.20. The predicted octanol–water partition coefficient (Wildman–Crippen LogP) is 3.84. The first-order chi connectivity index (χ1) is 14.5. The van der Waals surface area contributed by atoms with Crippen LogP contribution in [0.5, 0.6) is 5.75 Å². The van der Waals surface area contributed by atoms with Crippen LogP contribution in [0.3, 0.4) is 0 Å². The molecule has 0 aliphatic rings. The van der Waals surface area contributed by atoms with E-state index < -0.39 is 10.0 Å². The second kappa shape index (κ2) is 9.45. The van der Waals surface area contributed by atoms with Crippen molar-refractivity contribution in [3.63, 3.8) is 0 Å². The lowest BCUT2D eigenvalue weighted by Gasteiger charge is -2.23. The van der Waals surface area contributed by atoms with E-state index in [1.807, 2.05) is 30.3 Å². The fourth-order valence-corrected chi connectivity index (χ4v) is 4.56. The number of sulfonamides is 1. The number of rotatable bonds is 8. The van der Waals surface area contributed by atoms with Gasteiger partial charge in [0, 0.05) is 18.7 Å². The van der Waals surface area contributed by atoms with Crippen LogP contribution in [0.25, 0.3) is 0 Å². The first kappa shape index (κ1) is 21.4. The number of benzene rings is 3. The number of hydrogen-bond donors (Lipinski definition) is 1. The molecule has 0 spiro atoms. The Bertz CT molecular complexity index is 1100. The van der Waals surface area contributed by atoms with Gasteiger partial charge in [0.2, 0.25) is 0 Å². The Hall–Kier alpha value is -3.32. The molecule has 6 nitrogen and oxygen atoms in total. The summed E-state index contributed by atoms with van der Waals surface area (Å²) in [5.41, 5.74) is 1.78. The van der Waals surface area contributed by atoms with E-state index in [2.05, 4.69) is 5.32 Å². The largest absolute Gasteiger partial charge is 0.497 e. The van der Waals surface area contributed by atoms with Crippen LogP contribution >= 0.6 is 0 Å². The van der Waals surface area contributed by atoms with Crippen molar-refractivity contribution in [3.05, 3.63) is 90.0 Å². The summed E-state index contributed by atoms with van der Waals surface area (Å²) in [6.45, 7) is 2.38. The maximum Gasteiger partial charge on any atom is 0.264 e. The van der Waals surface area contributed by atoms with Gasteiger partial charge < -0.3 is 10.1 Å². The second-order valence-electron chi connectivity index (χ2n) is 6.56.